The summed E-state index contributed by atoms with van der Waals surface area (Å²) in [6.45, 7) is 1.75. The van der Waals surface area contributed by atoms with Gasteiger partial charge in [-0.15, -0.1) is 0 Å². The van der Waals surface area contributed by atoms with E-state index in [-0.39, 0.29) is 17.6 Å². The van der Waals surface area contributed by atoms with E-state index in [9.17, 15) is 14.9 Å². The van der Waals surface area contributed by atoms with Crippen LogP contribution < -0.4 is 5.32 Å². The minimum Gasteiger partial charge on any atom is -0.374 e. The molecular weight excluding hydrogens is 349 g/mol. The first kappa shape index (κ1) is 14.7. The normalized spacial score (nSPS) is 11.8. The topological polar surface area (TPSA) is 75.5 Å². The number of nitro benzene ring substituents is 1. The number of nitro groups is 1. The third-order valence-electron chi connectivity index (χ3n) is 2.34. The van der Waals surface area contributed by atoms with Gasteiger partial charge in [-0.3, -0.25) is 14.9 Å². The molecule has 98 valence electrons. The van der Waals surface area contributed by atoms with E-state index in [1.165, 1.54) is 11.0 Å². The molecule has 0 spiro atoms. The quantitative estimate of drug-likeness (QED) is 0.505. The van der Waals surface area contributed by atoms with Crippen molar-refractivity contribution in [3.8, 4) is 0 Å². The summed E-state index contributed by atoms with van der Waals surface area (Å²) in [6.07, 6.45) is 0. The van der Waals surface area contributed by atoms with Gasteiger partial charge in [-0.25, -0.2) is 0 Å². The number of amides is 1. The molecule has 1 rings (SSSR count). The molecule has 1 amide bonds. The van der Waals surface area contributed by atoms with Crippen LogP contribution in [0.25, 0.3) is 0 Å². The number of carbonyl (C=O) groups is 1. The van der Waals surface area contributed by atoms with Crippen molar-refractivity contribution in [1.82, 2.24) is 4.90 Å². The van der Waals surface area contributed by atoms with Gasteiger partial charge >= 0.3 is 0 Å². The molecule has 18 heavy (non-hydrogen) atoms. The third kappa shape index (κ3) is 3.56. The van der Waals surface area contributed by atoms with Crippen molar-refractivity contribution < 1.29 is 9.72 Å². The molecule has 1 aromatic rings. The highest BCUT2D eigenvalue weighted by Gasteiger charge is 2.16. The third-order valence-corrected chi connectivity index (χ3v) is 3.20. The number of nitrogens with zero attached hydrogens (tertiary/aromatic N) is 2. The molecule has 6 nitrogen and oxygen atoms in total. The lowest BCUT2D eigenvalue weighted by molar-refractivity contribution is -0.385. The minimum atomic E-state index is -0.431. The molecule has 0 aromatic heterocycles. The van der Waals surface area contributed by atoms with Gasteiger partial charge in [-0.2, -0.15) is 0 Å². The van der Waals surface area contributed by atoms with Crippen molar-refractivity contribution in [3.05, 3.63) is 31.9 Å². The largest absolute Gasteiger partial charge is 0.374 e. The molecule has 0 aliphatic carbocycles. The highest BCUT2D eigenvalue weighted by molar-refractivity contribution is 14.1. The average molecular weight is 363 g/mol. The van der Waals surface area contributed by atoms with E-state index >= 15 is 0 Å². The van der Waals surface area contributed by atoms with Crippen LogP contribution in [0.4, 0.5) is 11.4 Å². The summed E-state index contributed by atoms with van der Waals surface area (Å²) in [5, 5.41) is 13.7. The molecule has 0 saturated carbocycles. The summed E-state index contributed by atoms with van der Waals surface area (Å²) in [4.78, 5) is 23.4. The van der Waals surface area contributed by atoms with E-state index in [1.54, 1.807) is 33.2 Å². The summed E-state index contributed by atoms with van der Waals surface area (Å²) in [5.41, 5.74) is 0.750. The molecule has 1 atom stereocenters. The van der Waals surface area contributed by atoms with Gasteiger partial charge in [-0.1, -0.05) is 0 Å². The average Bonchev–Trinajstić information content (AvgIpc) is 2.27. The Morgan fingerprint density at radius 3 is 2.56 bits per heavy atom. The molecule has 0 saturated heterocycles. The van der Waals surface area contributed by atoms with Gasteiger partial charge in [0.1, 0.15) is 6.04 Å². The molecule has 7 heteroatoms. The Morgan fingerprint density at radius 2 is 2.11 bits per heavy atom. The fourth-order valence-electron chi connectivity index (χ4n) is 1.44. The Balaban J connectivity index is 2.84. The van der Waals surface area contributed by atoms with Crippen molar-refractivity contribution >= 4 is 39.9 Å². The zero-order valence-electron chi connectivity index (χ0n) is 10.3. The van der Waals surface area contributed by atoms with Gasteiger partial charge in [0.25, 0.3) is 5.69 Å². The minimum absolute atomic E-state index is 0.0524. The highest BCUT2D eigenvalue weighted by Crippen LogP contribution is 2.24. The Hall–Kier alpha value is -1.38. The van der Waals surface area contributed by atoms with Crippen LogP contribution >= 0.6 is 22.6 Å². The van der Waals surface area contributed by atoms with Crippen LogP contribution in [0.3, 0.4) is 0 Å². The first-order chi connectivity index (χ1) is 8.32. The number of carbonyl (C=O) groups excluding carboxylic acids is 1. The van der Waals surface area contributed by atoms with E-state index in [0.717, 1.165) is 0 Å². The maximum Gasteiger partial charge on any atom is 0.282 e. The summed E-state index contributed by atoms with van der Waals surface area (Å²) >= 11 is 1.90. The molecule has 1 aromatic carbocycles. The summed E-state index contributed by atoms with van der Waals surface area (Å²) < 4.78 is 0.534. The van der Waals surface area contributed by atoms with E-state index in [0.29, 0.717) is 9.26 Å². The van der Waals surface area contributed by atoms with Crippen LogP contribution in [0, 0.1) is 13.7 Å². The maximum atomic E-state index is 11.7. The maximum absolute atomic E-state index is 11.7. The Bertz CT molecular complexity index is 477. The van der Waals surface area contributed by atoms with Gasteiger partial charge in [0.05, 0.1) is 8.49 Å². The first-order valence-corrected chi connectivity index (χ1v) is 6.32. The summed E-state index contributed by atoms with van der Waals surface area (Å²) in [5.74, 6) is -0.0524. The van der Waals surface area contributed by atoms with Crippen molar-refractivity contribution in [3.63, 3.8) is 0 Å². The van der Waals surface area contributed by atoms with Crippen LogP contribution in [0.1, 0.15) is 6.92 Å². The van der Waals surface area contributed by atoms with Gasteiger partial charge in [0, 0.05) is 25.8 Å². The van der Waals surface area contributed by atoms with Crippen LogP contribution in [0.15, 0.2) is 18.2 Å². The van der Waals surface area contributed by atoms with Crippen LogP contribution in [-0.2, 0) is 4.79 Å². The second kappa shape index (κ2) is 5.98. The van der Waals surface area contributed by atoms with E-state index in [1.807, 2.05) is 22.6 Å². The molecule has 0 aliphatic rings. The fourth-order valence-corrected chi connectivity index (χ4v) is 2.16. The van der Waals surface area contributed by atoms with Gasteiger partial charge < -0.3 is 10.2 Å². The molecule has 0 radical (unpaired) electrons. The van der Waals surface area contributed by atoms with Crippen LogP contribution in [0.2, 0.25) is 0 Å². The fraction of sp³-hybridized carbons (Fsp3) is 0.364. The number of benzene rings is 1. The highest BCUT2D eigenvalue weighted by atomic mass is 127. The lowest BCUT2D eigenvalue weighted by atomic mass is 10.2. The zero-order valence-corrected chi connectivity index (χ0v) is 12.5. The number of halogens is 1. The number of hydrogen-bond acceptors (Lipinski definition) is 4. The van der Waals surface area contributed by atoms with Gasteiger partial charge in [0.2, 0.25) is 5.91 Å². The Kier molecular flexibility index (Phi) is 4.88. The molecule has 0 heterocycles. The molecule has 1 unspecified atom stereocenters. The van der Waals surface area contributed by atoms with Crippen molar-refractivity contribution in [2.75, 3.05) is 19.4 Å². The Labute approximate surface area is 119 Å². The van der Waals surface area contributed by atoms with Crippen LogP contribution in [-0.4, -0.2) is 35.9 Å². The second-order valence-corrected chi connectivity index (χ2v) is 5.18. The lowest BCUT2D eigenvalue weighted by Crippen LogP contribution is -2.36. The zero-order chi connectivity index (χ0) is 13.9. The smallest absolute Gasteiger partial charge is 0.282 e. The van der Waals surface area contributed by atoms with Crippen LogP contribution in [0.5, 0.6) is 0 Å². The molecule has 0 aliphatic heterocycles. The second-order valence-electron chi connectivity index (χ2n) is 4.02. The molecule has 0 bridgehead atoms. The molecule has 1 N–H and O–H groups in total. The number of likely N-dealkylation sites (N-methyl/N-ethyl adjacent to an activating group) is 1. The number of rotatable bonds is 4. The molecular formula is C11H14IN3O3. The van der Waals surface area contributed by atoms with Gasteiger partial charge in [-0.05, 0) is 41.6 Å². The standard InChI is InChI=1S/C11H14IN3O3/c1-7(11(16)14(2)3)13-8-4-5-10(15(17)18)9(12)6-8/h4-7,13H,1-3H3. The number of hydrogen-bond donors (Lipinski definition) is 1. The van der Waals surface area contributed by atoms with Crippen molar-refractivity contribution in [2.45, 2.75) is 13.0 Å². The van der Waals surface area contributed by atoms with Gasteiger partial charge in [0.15, 0.2) is 0 Å². The SMILES string of the molecule is CC(Nc1ccc([N+](=O)[O-])c(I)c1)C(=O)N(C)C. The summed E-state index contributed by atoms with van der Waals surface area (Å²) in [6, 6.07) is 4.30. The predicted molar refractivity (Wildman–Crippen MR) is 77.6 cm³/mol. The number of nitrogens with one attached hydrogen (secondary N) is 1. The van der Waals surface area contributed by atoms with Crippen molar-refractivity contribution in [2.24, 2.45) is 0 Å². The first-order valence-electron chi connectivity index (χ1n) is 5.24. The number of anilines is 1. The predicted octanol–water partition coefficient (Wildman–Crippen LogP) is 2.09. The van der Waals surface area contributed by atoms with Crippen molar-refractivity contribution in [1.29, 1.82) is 0 Å². The van der Waals surface area contributed by atoms with E-state index in [4.69, 9.17) is 0 Å². The van der Waals surface area contributed by atoms with E-state index < -0.39 is 4.92 Å². The van der Waals surface area contributed by atoms with E-state index in [2.05, 4.69) is 5.32 Å². The Morgan fingerprint density at radius 1 is 1.50 bits per heavy atom. The lowest BCUT2D eigenvalue weighted by Gasteiger charge is -2.19. The summed E-state index contributed by atoms with van der Waals surface area (Å²) in [7, 11) is 3.36. The molecule has 0 fully saturated rings. The monoisotopic (exact) mass is 363 g/mol.